The number of nitrogens with zero attached hydrogens (tertiary/aromatic N) is 1. The minimum Gasteiger partial charge on any atom is -0.508 e. The summed E-state index contributed by atoms with van der Waals surface area (Å²) in [5, 5.41) is 9.28. The summed E-state index contributed by atoms with van der Waals surface area (Å²) in [6, 6.07) is 4.68. The number of rotatable bonds is 4. The molecular weight excluding hydrogens is 236 g/mol. The van der Waals surface area contributed by atoms with Crippen LogP contribution in [0.25, 0.3) is 0 Å². The summed E-state index contributed by atoms with van der Waals surface area (Å²) in [6.45, 7) is 2.28. The molecule has 0 aliphatic rings. The van der Waals surface area contributed by atoms with Crippen LogP contribution in [0.5, 0.6) is 5.75 Å². The third kappa shape index (κ3) is 3.71. The molecule has 0 bridgehead atoms. The third-order valence-corrected chi connectivity index (χ3v) is 2.68. The van der Waals surface area contributed by atoms with Crippen molar-refractivity contribution in [2.24, 2.45) is 5.73 Å². The molecule has 17 heavy (non-hydrogen) atoms. The summed E-state index contributed by atoms with van der Waals surface area (Å²) in [7, 11) is 1.70. The van der Waals surface area contributed by atoms with Crippen LogP contribution in [0.15, 0.2) is 18.2 Å². The van der Waals surface area contributed by atoms with E-state index < -0.39 is 0 Å². The van der Waals surface area contributed by atoms with Crippen molar-refractivity contribution in [3.05, 3.63) is 29.3 Å². The Morgan fingerprint density at radius 1 is 1.53 bits per heavy atom. The second-order valence-electron chi connectivity index (χ2n) is 3.94. The SMILES string of the molecule is Cc1cc(O)ccc1C(=O)N(C)CCC(N)=S. The highest BCUT2D eigenvalue weighted by atomic mass is 32.1. The van der Waals surface area contributed by atoms with Gasteiger partial charge in [-0.2, -0.15) is 0 Å². The molecule has 0 saturated carbocycles. The van der Waals surface area contributed by atoms with E-state index in [1.54, 1.807) is 31.0 Å². The molecular formula is C12H16N2O2S. The molecule has 0 fully saturated rings. The number of carbonyl (C=O) groups excluding carboxylic acids is 1. The third-order valence-electron chi connectivity index (χ3n) is 2.48. The first kappa shape index (κ1) is 13.4. The molecule has 0 saturated heterocycles. The molecule has 1 aromatic rings. The van der Waals surface area contributed by atoms with E-state index in [2.05, 4.69) is 0 Å². The average molecular weight is 252 g/mol. The van der Waals surface area contributed by atoms with Crippen molar-refractivity contribution in [2.75, 3.05) is 13.6 Å². The van der Waals surface area contributed by atoms with Crippen molar-refractivity contribution in [1.29, 1.82) is 0 Å². The molecule has 0 aliphatic heterocycles. The van der Waals surface area contributed by atoms with Gasteiger partial charge in [0.05, 0.1) is 4.99 Å². The normalized spacial score (nSPS) is 10.0. The summed E-state index contributed by atoms with van der Waals surface area (Å²) >= 11 is 4.77. The molecule has 3 N–H and O–H groups in total. The summed E-state index contributed by atoms with van der Waals surface area (Å²) in [5.41, 5.74) is 6.71. The van der Waals surface area contributed by atoms with E-state index in [0.29, 0.717) is 23.5 Å². The Bertz CT molecular complexity index is 446. The predicted octanol–water partition coefficient (Wildman–Crippen LogP) is 1.45. The number of carbonyl (C=O) groups is 1. The van der Waals surface area contributed by atoms with Crippen molar-refractivity contribution in [1.82, 2.24) is 4.90 Å². The second-order valence-corrected chi connectivity index (χ2v) is 4.47. The van der Waals surface area contributed by atoms with Gasteiger partial charge in [0.15, 0.2) is 0 Å². The first-order valence-corrected chi connectivity index (χ1v) is 5.66. The minimum absolute atomic E-state index is 0.0984. The van der Waals surface area contributed by atoms with Crippen molar-refractivity contribution >= 4 is 23.1 Å². The van der Waals surface area contributed by atoms with E-state index in [1.807, 2.05) is 0 Å². The fourth-order valence-electron chi connectivity index (χ4n) is 1.47. The molecule has 1 rings (SSSR count). The van der Waals surface area contributed by atoms with Gasteiger partial charge in [-0.1, -0.05) is 12.2 Å². The number of phenols is 1. The van der Waals surface area contributed by atoms with Gasteiger partial charge in [0.2, 0.25) is 0 Å². The topological polar surface area (TPSA) is 66.6 Å². The zero-order valence-corrected chi connectivity index (χ0v) is 10.8. The molecule has 0 aromatic heterocycles. The molecule has 0 heterocycles. The number of hydrogen-bond acceptors (Lipinski definition) is 3. The van der Waals surface area contributed by atoms with Crippen LogP contribution < -0.4 is 5.73 Å². The van der Waals surface area contributed by atoms with Gasteiger partial charge in [-0.25, -0.2) is 0 Å². The Labute approximate surface area is 106 Å². The quantitative estimate of drug-likeness (QED) is 0.796. The van der Waals surface area contributed by atoms with Crippen LogP contribution in [-0.4, -0.2) is 34.5 Å². The van der Waals surface area contributed by atoms with E-state index in [1.165, 1.54) is 6.07 Å². The van der Waals surface area contributed by atoms with Gasteiger partial charge < -0.3 is 15.7 Å². The molecule has 0 spiro atoms. The highest BCUT2D eigenvalue weighted by Gasteiger charge is 2.14. The van der Waals surface area contributed by atoms with E-state index in [9.17, 15) is 9.90 Å². The average Bonchev–Trinajstić information content (AvgIpc) is 2.25. The highest BCUT2D eigenvalue weighted by Crippen LogP contribution is 2.17. The molecule has 0 unspecified atom stereocenters. The van der Waals surface area contributed by atoms with E-state index in [0.717, 1.165) is 5.56 Å². The van der Waals surface area contributed by atoms with Gasteiger partial charge in [-0.3, -0.25) is 4.79 Å². The number of aryl methyl sites for hydroxylation is 1. The minimum atomic E-state index is -0.0984. The smallest absolute Gasteiger partial charge is 0.253 e. The second kappa shape index (κ2) is 5.63. The Balaban J connectivity index is 2.78. The highest BCUT2D eigenvalue weighted by molar-refractivity contribution is 7.80. The molecule has 0 atom stereocenters. The van der Waals surface area contributed by atoms with Crippen LogP contribution in [0.1, 0.15) is 22.3 Å². The molecule has 4 nitrogen and oxygen atoms in total. The monoisotopic (exact) mass is 252 g/mol. The molecule has 0 radical (unpaired) electrons. The predicted molar refractivity (Wildman–Crippen MR) is 71.2 cm³/mol. The van der Waals surface area contributed by atoms with E-state index in [4.69, 9.17) is 18.0 Å². The number of thiocarbonyl (C=S) groups is 1. The number of benzene rings is 1. The van der Waals surface area contributed by atoms with E-state index >= 15 is 0 Å². The zero-order chi connectivity index (χ0) is 13.0. The number of nitrogens with two attached hydrogens (primary N) is 1. The number of aromatic hydroxyl groups is 1. The summed E-state index contributed by atoms with van der Waals surface area (Å²) < 4.78 is 0. The molecule has 1 amide bonds. The lowest BCUT2D eigenvalue weighted by Gasteiger charge is -2.18. The van der Waals surface area contributed by atoms with Gasteiger partial charge in [0, 0.05) is 25.6 Å². The van der Waals surface area contributed by atoms with Crippen molar-refractivity contribution in [2.45, 2.75) is 13.3 Å². The van der Waals surface area contributed by atoms with Gasteiger partial charge >= 0.3 is 0 Å². The lowest BCUT2D eigenvalue weighted by molar-refractivity contribution is 0.0798. The van der Waals surface area contributed by atoms with Gasteiger partial charge in [0.1, 0.15) is 5.75 Å². The molecule has 0 aliphatic carbocycles. The van der Waals surface area contributed by atoms with Crippen molar-refractivity contribution in [3.8, 4) is 5.75 Å². The maximum absolute atomic E-state index is 12.0. The maximum atomic E-state index is 12.0. The summed E-state index contributed by atoms with van der Waals surface area (Å²) in [5.74, 6) is 0.0589. The van der Waals surface area contributed by atoms with Crippen LogP contribution in [0.3, 0.4) is 0 Å². The number of phenolic OH excluding ortho intramolecular Hbond substituents is 1. The molecule has 1 aromatic carbocycles. The standard InChI is InChI=1S/C12H16N2O2S/c1-8-7-9(15)3-4-10(8)12(16)14(2)6-5-11(13)17/h3-4,7,15H,5-6H2,1-2H3,(H2,13,17). The van der Waals surface area contributed by atoms with Gasteiger partial charge in [0.25, 0.3) is 5.91 Å². The Morgan fingerprint density at radius 3 is 2.71 bits per heavy atom. The zero-order valence-electron chi connectivity index (χ0n) is 9.93. The lowest BCUT2D eigenvalue weighted by atomic mass is 10.1. The first-order chi connectivity index (χ1) is 7.91. The summed E-state index contributed by atoms with van der Waals surface area (Å²) in [6.07, 6.45) is 0.509. The van der Waals surface area contributed by atoms with Crippen LogP contribution >= 0.6 is 12.2 Å². The maximum Gasteiger partial charge on any atom is 0.253 e. The Kier molecular flexibility index (Phi) is 4.45. The van der Waals surface area contributed by atoms with Crippen molar-refractivity contribution < 1.29 is 9.90 Å². The summed E-state index contributed by atoms with van der Waals surface area (Å²) in [4.78, 5) is 14.0. The van der Waals surface area contributed by atoms with Crippen LogP contribution in [0.4, 0.5) is 0 Å². The van der Waals surface area contributed by atoms with Gasteiger partial charge in [-0.05, 0) is 30.7 Å². The largest absolute Gasteiger partial charge is 0.508 e. The number of hydrogen-bond donors (Lipinski definition) is 2. The van der Waals surface area contributed by atoms with Crippen LogP contribution in [0.2, 0.25) is 0 Å². The van der Waals surface area contributed by atoms with Crippen LogP contribution in [0, 0.1) is 6.92 Å². The van der Waals surface area contributed by atoms with E-state index in [-0.39, 0.29) is 11.7 Å². The fourth-order valence-corrected chi connectivity index (χ4v) is 1.56. The van der Waals surface area contributed by atoms with Gasteiger partial charge in [-0.15, -0.1) is 0 Å². The van der Waals surface area contributed by atoms with Crippen LogP contribution in [-0.2, 0) is 0 Å². The lowest BCUT2D eigenvalue weighted by Crippen LogP contribution is -2.30. The molecule has 5 heteroatoms. The first-order valence-electron chi connectivity index (χ1n) is 5.25. The Morgan fingerprint density at radius 2 is 2.18 bits per heavy atom. The number of amides is 1. The fraction of sp³-hybridized carbons (Fsp3) is 0.333. The Hall–Kier alpha value is -1.62. The molecule has 92 valence electrons. The van der Waals surface area contributed by atoms with Crippen molar-refractivity contribution in [3.63, 3.8) is 0 Å².